The Bertz CT molecular complexity index is 62.2. The Morgan fingerprint density at radius 2 is 1.12 bits per heavy atom. The molecule has 0 aliphatic rings. The zero-order valence-electron chi connectivity index (χ0n) is 4.03. The van der Waals surface area contributed by atoms with Crippen LogP contribution in [0.4, 0.5) is 0 Å². The Labute approximate surface area is 75.4 Å². The summed E-state index contributed by atoms with van der Waals surface area (Å²) < 4.78 is 8.55. The van der Waals surface area contributed by atoms with E-state index in [-0.39, 0.29) is 48.4 Å². The predicted molar refractivity (Wildman–Crippen MR) is 13.4 cm³/mol. The first-order chi connectivity index (χ1) is 2.00. The van der Waals surface area contributed by atoms with Crippen molar-refractivity contribution in [2.24, 2.45) is 0 Å². The van der Waals surface area contributed by atoms with Gasteiger partial charge in [0, 0.05) is 18.6 Å². The van der Waals surface area contributed by atoms with E-state index in [0.29, 0.717) is 0 Å². The van der Waals surface area contributed by atoms with Gasteiger partial charge >= 0.3 is 29.8 Å². The second-order valence-corrected chi connectivity index (χ2v) is 1.34. The summed E-state index contributed by atoms with van der Waals surface area (Å²) in [6.45, 7) is 0. The summed E-state index contributed by atoms with van der Waals surface area (Å²) in [5.74, 6) is 0. The van der Waals surface area contributed by atoms with Crippen molar-refractivity contribution in [1.29, 1.82) is 0 Å². The molecule has 1 radical (unpaired) electrons. The largest absolute Gasteiger partial charge is 4.00 e. The van der Waals surface area contributed by atoms with Crippen molar-refractivity contribution in [3.63, 3.8) is 0 Å². The molecule has 8 heteroatoms. The van der Waals surface area contributed by atoms with E-state index in [1.165, 1.54) is 0 Å². The van der Waals surface area contributed by atoms with Gasteiger partial charge in [0.1, 0.15) is 0 Å². The van der Waals surface area contributed by atoms with Crippen molar-refractivity contribution in [1.82, 2.24) is 0 Å². The first-order valence-electron chi connectivity index (χ1n) is 0.730. The minimum atomic E-state index is -5.39. The average Bonchev–Trinajstić information content (AvgIpc) is 0.722. The van der Waals surface area contributed by atoms with Crippen LogP contribution in [0.5, 0.6) is 0 Å². The van der Waals surface area contributed by atoms with Gasteiger partial charge in [0.2, 0.25) is 0 Å². The van der Waals surface area contributed by atoms with Gasteiger partial charge in [-0.15, -0.1) is 0 Å². The molecule has 0 atom stereocenters. The summed E-state index contributed by atoms with van der Waals surface area (Å²) in [7, 11) is -5.39. The number of hydrogen-bond acceptors (Lipinski definition) is 4. The molecule has 0 aliphatic carbocycles. The fraction of sp³-hybridized carbons (Fsp3) is 0. The maximum atomic E-state index is 8.55. The molecular weight excluding hydrogens is 181 g/mol. The monoisotopic (exact) mass is 181 g/mol. The number of hydrogen-bond donors (Lipinski definition) is 0. The van der Waals surface area contributed by atoms with Crippen LogP contribution >= 0.6 is 7.82 Å². The SMILES string of the molecule is O=P([O-])([O-])[O-].[Li+].[Si+4].[V]. The normalized spacial score (nSPS) is 7.38. The van der Waals surface area contributed by atoms with Gasteiger partial charge in [0.25, 0.3) is 0 Å². The Morgan fingerprint density at radius 3 is 1.12 bits per heavy atom. The minimum Gasteiger partial charge on any atom is -0.822 e. The summed E-state index contributed by atoms with van der Waals surface area (Å²) in [5.41, 5.74) is 0. The minimum absolute atomic E-state index is 0. The van der Waals surface area contributed by atoms with Crippen molar-refractivity contribution in [3.05, 3.63) is 0 Å². The maximum absolute atomic E-state index is 8.55. The first-order valence-corrected chi connectivity index (χ1v) is 2.19. The molecule has 0 aliphatic heterocycles. The Balaban J connectivity index is -0.0000000267. The fourth-order valence-electron chi connectivity index (χ4n) is 0. The summed E-state index contributed by atoms with van der Waals surface area (Å²) in [5, 5.41) is 0. The van der Waals surface area contributed by atoms with E-state index < -0.39 is 7.82 Å². The fourth-order valence-corrected chi connectivity index (χ4v) is 0. The van der Waals surface area contributed by atoms with Crippen molar-refractivity contribution in [2.45, 2.75) is 0 Å². The van der Waals surface area contributed by atoms with E-state index in [1.807, 2.05) is 0 Å². The molecule has 0 heterocycles. The molecule has 37 valence electrons. The van der Waals surface area contributed by atoms with Gasteiger partial charge in [-0.2, -0.15) is 7.82 Å². The smallest absolute Gasteiger partial charge is 0.822 e. The average molecular weight is 181 g/mol. The molecule has 0 bridgehead atoms. The van der Waals surface area contributed by atoms with Crippen LogP contribution < -0.4 is 33.5 Å². The molecule has 0 saturated heterocycles. The molecule has 0 rings (SSSR count). The zero-order valence-corrected chi connectivity index (χ0v) is 7.32. The molecule has 0 aromatic carbocycles. The summed E-state index contributed by atoms with van der Waals surface area (Å²) >= 11 is 0. The number of phosphoric acid groups is 1. The van der Waals surface area contributed by atoms with Crippen LogP contribution in [0.15, 0.2) is 0 Å². The van der Waals surface area contributed by atoms with Crippen LogP contribution in [0.25, 0.3) is 0 Å². The quantitative estimate of drug-likeness (QED) is 0.274. The van der Waals surface area contributed by atoms with E-state index in [9.17, 15) is 0 Å². The first kappa shape index (κ1) is 22.7. The summed E-state index contributed by atoms with van der Waals surface area (Å²) in [4.78, 5) is 25.6. The third-order valence-electron chi connectivity index (χ3n) is 0. The topological polar surface area (TPSA) is 86.2 Å². The van der Waals surface area contributed by atoms with Crippen molar-refractivity contribution in [3.8, 4) is 0 Å². The number of rotatable bonds is 0. The molecule has 0 aromatic heterocycles. The standard InChI is InChI=1S/Li.H3O4P.Si.V/c;1-5(2,3)4;;/h;(H3,1,2,3,4);;/q+1;;+4;/p-3. The molecule has 0 spiro atoms. The van der Waals surface area contributed by atoms with Crippen LogP contribution in [0.1, 0.15) is 0 Å². The van der Waals surface area contributed by atoms with Gasteiger partial charge in [-0.3, -0.25) is 0 Å². The predicted octanol–water partition coefficient (Wildman–Crippen LogP) is -6.20. The molecule has 0 fully saturated rings. The van der Waals surface area contributed by atoms with Crippen molar-refractivity contribution in [2.75, 3.05) is 0 Å². The Hall–Kier alpha value is 1.51. The van der Waals surface area contributed by atoms with Gasteiger partial charge in [0.15, 0.2) is 0 Å². The Morgan fingerprint density at radius 1 is 1.12 bits per heavy atom. The van der Waals surface area contributed by atoms with Gasteiger partial charge in [0.05, 0.1) is 0 Å². The molecular formula is LiO4PSiV+2. The second kappa shape index (κ2) is 8.51. The second-order valence-electron chi connectivity index (χ2n) is 0.447. The van der Waals surface area contributed by atoms with Gasteiger partial charge in [-0.1, -0.05) is 0 Å². The van der Waals surface area contributed by atoms with E-state index in [0.717, 1.165) is 0 Å². The Kier molecular flexibility index (Phi) is 24.1. The summed E-state index contributed by atoms with van der Waals surface area (Å²) in [6.07, 6.45) is 0. The maximum Gasteiger partial charge on any atom is 4.00 e. The van der Waals surface area contributed by atoms with Gasteiger partial charge in [-0.05, 0) is 0 Å². The van der Waals surface area contributed by atoms with E-state index >= 15 is 0 Å². The van der Waals surface area contributed by atoms with Crippen LogP contribution in [0.3, 0.4) is 0 Å². The molecule has 0 amide bonds. The summed E-state index contributed by atoms with van der Waals surface area (Å²) in [6, 6.07) is 0. The van der Waals surface area contributed by atoms with E-state index in [2.05, 4.69) is 0 Å². The third kappa shape index (κ3) is 140. The van der Waals surface area contributed by atoms with Gasteiger partial charge in [-0.25, -0.2) is 0 Å². The van der Waals surface area contributed by atoms with Crippen LogP contribution in [0, 0.1) is 0 Å². The van der Waals surface area contributed by atoms with E-state index in [4.69, 9.17) is 19.2 Å². The molecule has 4 nitrogen and oxygen atoms in total. The van der Waals surface area contributed by atoms with Crippen molar-refractivity contribution >= 4 is 18.8 Å². The van der Waals surface area contributed by atoms with Crippen LogP contribution in [-0.4, -0.2) is 11.0 Å². The van der Waals surface area contributed by atoms with Gasteiger partial charge < -0.3 is 19.2 Å². The zero-order chi connectivity index (χ0) is 4.50. The van der Waals surface area contributed by atoms with Crippen molar-refractivity contribution < 1.29 is 56.7 Å². The van der Waals surface area contributed by atoms with E-state index in [1.54, 1.807) is 0 Å². The van der Waals surface area contributed by atoms with Crippen LogP contribution in [0.2, 0.25) is 0 Å². The molecule has 0 aromatic rings. The third-order valence-corrected chi connectivity index (χ3v) is 0. The molecule has 8 heavy (non-hydrogen) atoms. The van der Waals surface area contributed by atoms with Crippen LogP contribution in [-0.2, 0) is 23.1 Å². The molecule has 0 saturated carbocycles. The molecule has 0 N–H and O–H groups in total. The molecule has 0 unspecified atom stereocenters.